The highest BCUT2D eigenvalue weighted by molar-refractivity contribution is 6.32. The van der Waals surface area contributed by atoms with E-state index >= 15 is 0 Å². The van der Waals surface area contributed by atoms with Gasteiger partial charge < -0.3 is 10.5 Å². The summed E-state index contributed by atoms with van der Waals surface area (Å²) in [5.41, 5.74) is 11.1. The smallest absolute Gasteiger partial charge is 0.138 e. The maximum Gasteiger partial charge on any atom is 0.138 e. The second kappa shape index (κ2) is 7.85. The lowest BCUT2D eigenvalue weighted by Crippen LogP contribution is -2.16. The summed E-state index contributed by atoms with van der Waals surface area (Å²) in [7, 11) is 0. The molecule has 0 saturated carbocycles. The summed E-state index contributed by atoms with van der Waals surface area (Å²) in [4.78, 5) is 0. The summed E-state index contributed by atoms with van der Waals surface area (Å²) in [6.07, 6.45) is 0.993. The number of nitrogens with two attached hydrogens (primary N) is 1. The predicted molar refractivity (Wildman–Crippen MR) is 98.6 cm³/mol. The van der Waals surface area contributed by atoms with Crippen LogP contribution in [0.25, 0.3) is 0 Å². The van der Waals surface area contributed by atoms with E-state index in [-0.39, 0.29) is 6.10 Å². The molecule has 0 bridgehead atoms. The van der Waals surface area contributed by atoms with Crippen molar-refractivity contribution in [1.29, 1.82) is 0 Å². The zero-order chi connectivity index (χ0) is 17.0. The zero-order valence-corrected chi connectivity index (χ0v) is 15.2. The normalized spacial score (nSPS) is 12.5. The van der Waals surface area contributed by atoms with Crippen LogP contribution in [0.15, 0.2) is 36.4 Å². The first-order valence-electron chi connectivity index (χ1n) is 8.13. The van der Waals surface area contributed by atoms with Gasteiger partial charge in [-0.05, 0) is 69.5 Å². The Labute approximate surface area is 144 Å². The van der Waals surface area contributed by atoms with E-state index in [2.05, 4.69) is 38.1 Å². The number of hydrogen-bond acceptors (Lipinski definition) is 2. The average molecular weight is 332 g/mol. The molecule has 1 unspecified atom stereocenters. The van der Waals surface area contributed by atoms with Crippen LogP contribution in [0.4, 0.5) is 0 Å². The number of benzene rings is 2. The van der Waals surface area contributed by atoms with Gasteiger partial charge in [0.1, 0.15) is 5.75 Å². The van der Waals surface area contributed by atoms with Crippen molar-refractivity contribution in [3.63, 3.8) is 0 Å². The summed E-state index contributed by atoms with van der Waals surface area (Å²) in [6.45, 7) is 8.87. The van der Waals surface area contributed by atoms with Gasteiger partial charge in [0, 0.05) is 5.92 Å². The van der Waals surface area contributed by atoms with Gasteiger partial charge in [0.05, 0.1) is 11.1 Å². The third kappa shape index (κ3) is 4.73. The van der Waals surface area contributed by atoms with Crippen molar-refractivity contribution in [3.8, 4) is 5.75 Å². The predicted octanol–water partition coefficient (Wildman–Crippen LogP) is 5.03. The van der Waals surface area contributed by atoms with Crippen LogP contribution in [0.3, 0.4) is 0 Å². The van der Waals surface area contributed by atoms with Crippen LogP contribution in [-0.4, -0.2) is 12.6 Å². The second-order valence-corrected chi connectivity index (χ2v) is 6.84. The van der Waals surface area contributed by atoms with Crippen molar-refractivity contribution >= 4 is 11.6 Å². The summed E-state index contributed by atoms with van der Waals surface area (Å²) >= 11 is 6.35. The Bertz CT molecular complexity index is 667. The molecule has 23 heavy (non-hydrogen) atoms. The maximum atomic E-state index is 6.35. The van der Waals surface area contributed by atoms with Gasteiger partial charge in [-0.2, -0.15) is 0 Å². The molecular formula is C20H26ClNO. The van der Waals surface area contributed by atoms with Crippen LogP contribution in [0.1, 0.15) is 42.0 Å². The van der Waals surface area contributed by atoms with Crippen molar-refractivity contribution in [1.82, 2.24) is 0 Å². The summed E-state index contributed by atoms with van der Waals surface area (Å²) in [5.74, 6) is 1.03. The maximum absolute atomic E-state index is 6.35. The van der Waals surface area contributed by atoms with Gasteiger partial charge in [0.25, 0.3) is 0 Å². The molecule has 3 heteroatoms. The molecule has 0 aliphatic carbocycles. The number of aryl methyl sites for hydroxylation is 2. The fourth-order valence-electron chi connectivity index (χ4n) is 2.83. The third-order valence-electron chi connectivity index (χ3n) is 4.00. The zero-order valence-electron chi connectivity index (χ0n) is 14.4. The Hall–Kier alpha value is -1.51. The Morgan fingerprint density at radius 2 is 1.83 bits per heavy atom. The minimum atomic E-state index is 0.116. The molecule has 0 spiro atoms. The van der Waals surface area contributed by atoms with Gasteiger partial charge in [-0.25, -0.2) is 0 Å². The minimum absolute atomic E-state index is 0.116. The van der Waals surface area contributed by atoms with E-state index in [1.165, 1.54) is 22.3 Å². The highest BCUT2D eigenvalue weighted by atomic mass is 35.5. The minimum Gasteiger partial charge on any atom is -0.489 e. The Balaban J connectivity index is 2.22. The Morgan fingerprint density at radius 3 is 2.43 bits per heavy atom. The second-order valence-electron chi connectivity index (χ2n) is 6.43. The van der Waals surface area contributed by atoms with Gasteiger partial charge in [0.2, 0.25) is 0 Å². The molecule has 2 nitrogen and oxygen atoms in total. The molecule has 0 saturated heterocycles. The Kier molecular flexibility index (Phi) is 6.09. The molecule has 0 amide bonds. The highest BCUT2D eigenvalue weighted by Crippen LogP contribution is 2.30. The van der Waals surface area contributed by atoms with Crippen LogP contribution < -0.4 is 10.5 Å². The van der Waals surface area contributed by atoms with Crippen molar-refractivity contribution < 1.29 is 4.74 Å². The number of rotatable bonds is 6. The molecule has 0 aliphatic rings. The Morgan fingerprint density at radius 1 is 1.09 bits per heavy atom. The third-order valence-corrected chi connectivity index (χ3v) is 4.30. The molecule has 1 atom stereocenters. The molecule has 0 radical (unpaired) electrons. The average Bonchev–Trinajstić information content (AvgIpc) is 2.50. The molecule has 124 valence electrons. The fraction of sp³-hybridized carbons (Fsp3) is 0.400. The van der Waals surface area contributed by atoms with E-state index in [0.29, 0.717) is 17.5 Å². The number of hydrogen-bond donors (Lipinski definition) is 1. The summed E-state index contributed by atoms with van der Waals surface area (Å²) in [6, 6.07) is 12.6. The first-order valence-corrected chi connectivity index (χ1v) is 8.50. The van der Waals surface area contributed by atoms with E-state index in [9.17, 15) is 0 Å². The monoisotopic (exact) mass is 331 g/mol. The molecule has 2 aromatic carbocycles. The van der Waals surface area contributed by atoms with Crippen LogP contribution in [0, 0.1) is 13.8 Å². The molecular weight excluding hydrogens is 306 g/mol. The summed E-state index contributed by atoms with van der Waals surface area (Å²) < 4.78 is 5.69. The van der Waals surface area contributed by atoms with Crippen LogP contribution in [0.2, 0.25) is 5.02 Å². The van der Waals surface area contributed by atoms with Crippen molar-refractivity contribution in [2.24, 2.45) is 5.73 Å². The first kappa shape index (κ1) is 17.8. The lowest BCUT2D eigenvalue weighted by atomic mass is 9.88. The topological polar surface area (TPSA) is 35.2 Å². The van der Waals surface area contributed by atoms with Crippen LogP contribution in [0.5, 0.6) is 5.75 Å². The molecule has 2 N–H and O–H groups in total. The van der Waals surface area contributed by atoms with Crippen LogP contribution >= 0.6 is 11.6 Å². The summed E-state index contributed by atoms with van der Waals surface area (Å²) in [5, 5.41) is 0.660. The van der Waals surface area contributed by atoms with Gasteiger partial charge >= 0.3 is 0 Å². The lowest BCUT2D eigenvalue weighted by molar-refractivity contribution is 0.242. The van der Waals surface area contributed by atoms with Crippen molar-refractivity contribution in [3.05, 3.63) is 63.7 Å². The van der Waals surface area contributed by atoms with Gasteiger partial charge in [-0.15, -0.1) is 0 Å². The van der Waals surface area contributed by atoms with E-state index in [1.807, 2.05) is 26.0 Å². The van der Waals surface area contributed by atoms with Crippen molar-refractivity contribution in [2.45, 2.75) is 46.1 Å². The molecule has 2 rings (SSSR count). The highest BCUT2D eigenvalue weighted by Gasteiger charge is 2.15. The quantitative estimate of drug-likeness (QED) is 0.805. The fourth-order valence-corrected chi connectivity index (χ4v) is 3.07. The van der Waals surface area contributed by atoms with E-state index < -0.39 is 0 Å². The number of halogens is 1. The molecule has 0 aromatic heterocycles. The van der Waals surface area contributed by atoms with Gasteiger partial charge in [0.15, 0.2) is 0 Å². The molecule has 0 aliphatic heterocycles. The SMILES string of the molecule is Cc1ccc(C)c(C(CN)Cc2ccc(OC(C)C)c(Cl)c2)c1. The van der Waals surface area contributed by atoms with Crippen molar-refractivity contribution in [2.75, 3.05) is 6.54 Å². The molecule has 0 heterocycles. The van der Waals surface area contributed by atoms with E-state index in [1.54, 1.807) is 0 Å². The number of ether oxygens (including phenoxy) is 1. The van der Waals surface area contributed by atoms with E-state index in [4.69, 9.17) is 22.1 Å². The van der Waals surface area contributed by atoms with Crippen LogP contribution in [-0.2, 0) is 6.42 Å². The molecule has 0 fully saturated rings. The van der Waals surface area contributed by atoms with Gasteiger partial charge in [-0.3, -0.25) is 0 Å². The van der Waals surface area contributed by atoms with E-state index in [0.717, 1.165) is 12.2 Å². The molecule has 2 aromatic rings. The largest absolute Gasteiger partial charge is 0.489 e. The lowest BCUT2D eigenvalue weighted by Gasteiger charge is -2.19. The van der Waals surface area contributed by atoms with Gasteiger partial charge in [-0.1, -0.05) is 41.4 Å². The standard InChI is InChI=1S/C20H26ClNO/c1-13(2)23-20-8-7-16(11-19(20)21)10-17(12-22)18-9-14(3)5-6-15(18)4/h5-9,11,13,17H,10,12,22H2,1-4H3. The first-order chi connectivity index (χ1) is 10.9.